The molecule has 0 aliphatic carbocycles. The molecule has 0 bridgehead atoms. The summed E-state index contributed by atoms with van der Waals surface area (Å²) in [6.45, 7) is 8.72. The van der Waals surface area contributed by atoms with Gasteiger partial charge in [-0.2, -0.15) is 0 Å². The van der Waals surface area contributed by atoms with E-state index in [0.29, 0.717) is 24.4 Å². The van der Waals surface area contributed by atoms with Gasteiger partial charge in [-0.1, -0.05) is 45.0 Å². The lowest BCUT2D eigenvalue weighted by Crippen LogP contribution is -2.45. The number of para-hydroxylation sites is 1. The van der Waals surface area contributed by atoms with Crippen LogP contribution in [0, 0.1) is 12.3 Å². The summed E-state index contributed by atoms with van der Waals surface area (Å²) in [7, 11) is 0. The Morgan fingerprint density at radius 2 is 1.97 bits per heavy atom. The maximum absolute atomic E-state index is 12.7. The van der Waals surface area contributed by atoms with Crippen molar-refractivity contribution in [1.82, 2.24) is 20.6 Å². The molecule has 2 heterocycles. The molecule has 1 saturated heterocycles. The van der Waals surface area contributed by atoms with E-state index in [1.54, 1.807) is 18.2 Å². The highest BCUT2D eigenvalue weighted by Crippen LogP contribution is 2.33. The molecule has 1 aliphatic heterocycles. The first-order valence-electron chi connectivity index (χ1n) is 11.4. The SMILES string of the molecule is Cc1ccc2c(C3NCCC3NC(=O)[C@H](O)CC(C)(C)C)nc(-c3ccccc3O)nc2c1. The molecule has 33 heavy (non-hydrogen) atoms. The highest BCUT2D eigenvalue weighted by Gasteiger charge is 2.34. The van der Waals surface area contributed by atoms with Gasteiger partial charge < -0.3 is 20.8 Å². The normalized spacial score (nSPS) is 19.5. The number of hydrogen-bond acceptors (Lipinski definition) is 6. The summed E-state index contributed by atoms with van der Waals surface area (Å²) < 4.78 is 0. The minimum atomic E-state index is -1.06. The van der Waals surface area contributed by atoms with E-state index in [4.69, 9.17) is 9.97 Å². The summed E-state index contributed by atoms with van der Waals surface area (Å²) >= 11 is 0. The van der Waals surface area contributed by atoms with Gasteiger partial charge >= 0.3 is 0 Å². The van der Waals surface area contributed by atoms with Crippen LogP contribution >= 0.6 is 0 Å². The van der Waals surface area contributed by atoms with E-state index in [1.807, 2.05) is 52.0 Å². The molecule has 0 radical (unpaired) electrons. The molecule has 4 rings (SSSR count). The monoisotopic (exact) mass is 448 g/mol. The molecule has 7 heteroatoms. The van der Waals surface area contributed by atoms with Crippen molar-refractivity contribution < 1.29 is 15.0 Å². The first-order chi connectivity index (χ1) is 15.6. The zero-order chi connectivity index (χ0) is 23.8. The van der Waals surface area contributed by atoms with Crippen LogP contribution in [0.5, 0.6) is 5.75 Å². The van der Waals surface area contributed by atoms with Crippen LogP contribution in [0.2, 0.25) is 0 Å². The average molecular weight is 449 g/mol. The van der Waals surface area contributed by atoms with Gasteiger partial charge in [0.2, 0.25) is 5.91 Å². The first kappa shape index (κ1) is 23.1. The predicted octanol–water partition coefficient (Wildman–Crippen LogP) is 3.63. The van der Waals surface area contributed by atoms with Crippen molar-refractivity contribution in [1.29, 1.82) is 0 Å². The Kier molecular flexibility index (Phi) is 6.36. The second-order valence-corrected chi connectivity index (χ2v) is 10.1. The molecule has 4 N–H and O–H groups in total. The van der Waals surface area contributed by atoms with Crippen LogP contribution in [0.1, 0.15) is 50.9 Å². The number of rotatable bonds is 5. The van der Waals surface area contributed by atoms with Gasteiger partial charge in [0.1, 0.15) is 11.9 Å². The number of aromatic hydroxyl groups is 1. The maximum atomic E-state index is 12.7. The second-order valence-electron chi connectivity index (χ2n) is 10.1. The Labute approximate surface area is 194 Å². The zero-order valence-corrected chi connectivity index (χ0v) is 19.6. The molecule has 1 aromatic heterocycles. The Balaban J connectivity index is 1.72. The number of phenols is 1. The lowest BCUT2D eigenvalue weighted by atomic mass is 9.89. The van der Waals surface area contributed by atoms with E-state index >= 15 is 0 Å². The fourth-order valence-electron chi connectivity index (χ4n) is 4.38. The quantitative estimate of drug-likeness (QED) is 0.475. The topological polar surface area (TPSA) is 107 Å². The summed E-state index contributed by atoms with van der Waals surface area (Å²) in [5.41, 5.74) is 3.03. The van der Waals surface area contributed by atoms with E-state index in [0.717, 1.165) is 28.6 Å². The van der Waals surface area contributed by atoms with Crippen LogP contribution in [0.15, 0.2) is 42.5 Å². The Hall–Kier alpha value is -3.03. The third-order valence-electron chi connectivity index (χ3n) is 5.98. The van der Waals surface area contributed by atoms with Crippen LogP contribution in [-0.2, 0) is 4.79 Å². The lowest BCUT2D eigenvalue weighted by Gasteiger charge is -2.26. The van der Waals surface area contributed by atoms with Crippen LogP contribution in [-0.4, -0.2) is 44.8 Å². The number of nitrogens with zero attached hydrogens (tertiary/aromatic N) is 2. The largest absolute Gasteiger partial charge is 0.507 e. The van der Waals surface area contributed by atoms with Crippen molar-refractivity contribution >= 4 is 16.8 Å². The number of hydrogen-bond donors (Lipinski definition) is 4. The van der Waals surface area contributed by atoms with E-state index in [9.17, 15) is 15.0 Å². The zero-order valence-electron chi connectivity index (χ0n) is 19.6. The number of nitrogens with one attached hydrogen (secondary N) is 2. The summed E-state index contributed by atoms with van der Waals surface area (Å²) in [4.78, 5) is 22.3. The summed E-state index contributed by atoms with van der Waals surface area (Å²) in [6.07, 6.45) is 0.0477. The van der Waals surface area contributed by atoms with Crippen LogP contribution in [0.25, 0.3) is 22.3 Å². The number of aryl methyl sites for hydroxylation is 1. The Morgan fingerprint density at radius 1 is 1.21 bits per heavy atom. The standard InChI is InChI=1S/C26H32N4O3/c1-15-9-10-16-19(13-15)28-24(17-7-5-6-8-20(17)31)30-22(16)23-18(11-12-27-23)29-25(33)21(32)14-26(2,3)4/h5-10,13,18,21,23,27,31-32H,11-12,14H2,1-4H3,(H,29,33)/t18?,21-,23?/m1/s1. The highest BCUT2D eigenvalue weighted by molar-refractivity contribution is 5.85. The molecule has 7 nitrogen and oxygen atoms in total. The number of fused-ring (bicyclic) bond motifs is 1. The predicted molar refractivity (Wildman–Crippen MR) is 129 cm³/mol. The van der Waals surface area contributed by atoms with E-state index in [-0.39, 0.29) is 29.2 Å². The lowest BCUT2D eigenvalue weighted by molar-refractivity contribution is -0.131. The third-order valence-corrected chi connectivity index (χ3v) is 5.98. The number of carbonyl (C=O) groups excluding carboxylic acids is 1. The molecule has 3 aromatic rings. The molecule has 2 aromatic carbocycles. The number of aliphatic hydroxyl groups is 1. The Bertz CT molecular complexity index is 1170. The molecule has 3 atom stereocenters. The second kappa shape index (κ2) is 9.08. The van der Waals surface area contributed by atoms with Crippen LogP contribution < -0.4 is 10.6 Å². The summed E-state index contributed by atoms with van der Waals surface area (Å²) in [5.74, 6) is 0.191. The fourth-order valence-corrected chi connectivity index (χ4v) is 4.38. The number of carbonyl (C=O) groups is 1. The molecule has 2 unspecified atom stereocenters. The van der Waals surface area contributed by atoms with E-state index in [1.165, 1.54) is 0 Å². The molecular formula is C26H32N4O3. The molecule has 174 valence electrons. The van der Waals surface area contributed by atoms with Crippen molar-refractivity contribution in [2.45, 2.75) is 58.7 Å². The van der Waals surface area contributed by atoms with E-state index < -0.39 is 6.10 Å². The van der Waals surface area contributed by atoms with E-state index in [2.05, 4.69) is 10.6 Å². The molecule has 0 saturated carbocycles. The highest BCUT2D eigenvalue weighted by atomic mass is 16.3. The molecular weight excluding hydrogens is 416 g/mol. The van der Waals surface area contributed by atoms with Gasteiger partial charge in [0.05, 0.1) is 28.9 Å². The van der Waals surface area contributed by atoms with Gasteiger partial charge in [-0.15, -0.1) is 0 Å². The van der Waals surface area contributed by atoms with Crippen molar-refractivity contribution in [2.24, 2.45) is 5.41 Å². The van der Waals surface area contributed by atoms with Crippen molar-refractivity contribution in [3.63, 3.8) is 0 Å². The van der Waals surface area contributed by atoms with Gasteiger partial charge in [-0.25, -0.2) is 9.97 Å². The number of aliphatic hydroxyl groups excluding tert-OH is 1. The van der Waals surface area contributed by atoms with Crippen LogP contribution in [0.4, 0.5) is 0 Å². The minimum Gasteiger partial charge on any atom is -0.507 e. The first-order valence-corrected chi connectivity index (χ1v) is 11.4. The number of aromatic nitrogens is 2. The number of amides is 1. The smallest absolute Gasteiger partial charge is 0.249 e. The van der Waals surface area contributed by atoms with Crippen molar-refractivity contribution in [3.8, 4) is 17.1 Å². The van der Waals surface area contributed by atoms with Gasteiger partial charge in [0, 0.05) is 5.39 Å². The van der Waals surface area contributed by atoms with Gasteiger partial charge in [0.25, 0.3) is 0 Å². The molecule has 0 spiro atoms. The fraction of sp³-hybridized carbons (Fsp3) is 0.423. The summed E-state index contributed by atoms with van der Waals surface area (Å²) in [5, 5.41) is 28.2. The van der Waals surface area contributed by atoms with Crippen molar-refractivity contribution in [2.75, 3.05) is 6.54 Å². The third kappa shape index (κ3) is 5.15. The minimum absolute atomic E-state index is 0.116. The summed E-state index contributed by atoms with van der Waals surface area (Å²) in [6, 6.07) is 12.6. The maximum Gasteiger partial charge on any atom is 0.249 e. The molecule has 1 fully saturated rings. The van der Waals surface area contributed by atoms with Gasteiger partial charge in [-0.05, 0) is 55.5 Å². The van der Waals surface area contributed by atoms with Gasteiger partial charge in [0.15, 0.2) is 5.82 Å². The number of phenolic OH excluding ortho intramolecular Hbond substituents is 1. The number of benzene rings is 2. The molecule has 1 aliphatic rings. The Morgan fingerprint density at radius 3 is 2.70 bits per heavy atom. The average Bonchev–Trinajstić information content (AvgIpc) is 3.19. The van der Waals surface area contributed by atoms with Crippen molar-refractivity contribution in [3.05, 3.63) is 53.7 Å². The van der Waals surface area contributed by atoms with Crippen LogP contribution in [0.3, 0.4) is 0 Å². The molecule has 1 amide bonds. The van der Waals surface area contributed by atoms with Gasteiger partial charge in [-0.3, -0.25) is 4.79 Å².